The molecule has 0 radical (unpaired) electrons. The van der Waals surface area contributed by atoms with Gasteiger partial charge in [-0.3, -0.25) is 4.90 Å². The number of carboxylic acid groups (broad SMARTS) is 1. The summed E-state index contributed by atoms with van der Waals surface area (Å²) < 4.78 is 6.76. The molecule has 1 aliphatic heterocycles. The van der Waals surface area contributed by atoms with Gasteiger partial charge in [-0.25, -0.2) is 4.79 Å². The number of nitrogens with zero attached hydrogens (tertiary/aromatic N) is 7. The van der Waals surface area contributed by atoms with E-state index < -0.39 is 5.97 Å². The van der Waals surface area contributed by atoms with E-state index in [1.165, 1.54) is 4.52 Å². The van der Waals surface area contributed by atoms with Crippen molar-refractivity contribution in [3.63, 3.8) is 0 Å². The number of rotatable bonds is 6. The number of aromatic nitrogens is 5. The molecule has 1 aromatic carbocycles. The number of hydrogen-bond donors (Lipinski definition) is 2. The molecule has 1 aliphatic rings. The molecule has 11 nitrogen and oxygen atoms in total. The standard InChI is InChI=1S/C21H22N8O3/c22-19-24-20(25-21-23-17(26-29(19)21)16-2-1-13-32-16)28-11-9-27(10-12-28)8-7-14-3-5-15(6-4-14)18(30)31/h1-6,13H,7-12H2,(H,30,31)(H2,22,23,24,25,26). The number of piperazine rings is 1. The second-order valence-electron chi connectivity index (χ2n) is 7.59. The van der Waals surface area contributed by atoms with Crippen LogP contribution in [-0.4, -0.2) is 73.3 Å². The minimum Gasteiger partial charge on any atom is -0.478 e. The van der Waals surface area contributed by atoms with E-state index in [0.717, 1.165) is 44.7 Å². The van der Waals surface area contributed by atoms with Gasteiger partial charge in [0.05, 0.1) is 11.8 Å². The van der Waals surface area contributed by atoms with Crippen LogP contribution in [0.1, 0.15) is 15.9 Å². The molecular weight excluding hydrogens is 412 g/mol. The maximum atomic E-state index is 11.0. The first-order valence-corrected chi connectivity index (χ1v) is 10.3. The van der Waals surface area contributed by atoms with Gasteiger partial charge in [-0.2, -0.15) is 19.5 Å². The van der Waals surface area contributed by atoms with E-state index in [0.29, 0.717) is 28.9 Å². The fourth-order valence-corrected chi connectivity index (χ4v) is 3.72. The minimum atomic E-state index is -0.906. The Morgan fingerprint density at radius 2 is 1.84 bits per heavy atom. The molecule has 3 N–H and O–H groups in total. The Morgan fingerprint density at radius 3 is 2.53 bits per heavy atom. The first-order valence-electron chi connectivity index (χ1n) is 10.3. The molecule has 3 aromatic heterocycles. The Morgan fingerprint density at radius 1 is 1.06 bits per heavy atom. The molecule has 0 saturated carbocycles. The van der Waals surface area contributed by atoms with Crippen LogP contribution < -0.4 is 10.6 Å². The molecule has 0 spiro atoms. The molecule has 0 atom stereocenters. The highest BCUT2D eigenvalue weighted by molar-refractivity contribution is 5.87. The first-order chi connectivity index (χ1) is 15.6. The molecule has 0 aliphatic carbocycles. The molecule has 4 heterocycles. The third kappa shape index (κ3) is 3.97. The summed E-state index contributed by atoms with van der Waals surface area (Å²) in [6, 6.07) is 10.6. The molecule has 0 amide bonds. The van der Waals surface area contributed by atoms with Crippen molar-refractivity contribution in [3.05, 3.63) is 53.8 Å². The number of carboxylic acids is 1. The zero-order valence-corrected chi connectivity index (χ0v) is 17.3. The number of hydrogen-bond acceptors (Lipinski definition) is 9. The Bertz CT molecular complexity index is 1230. The number of benzene rings is 1. The third-order valence-electron chi connectivity index (χ3n) is 5.54. The van der Waals surface area contributed by atoms with Crippen LogP contribution in [0.4, 0.5) is 11.9 Å². The number of furan rings is 1. The van der Waals surface area contributed by atoms with Crippen molar-refractivity contribution in [3.8, 4) is 11.6 Å². The van der Waals surface area contributed by atoms with E-state index in [2.05, 4.69) is 29.9 Å². The van der Waals surface area contributed by atoms with Gasteiger partial charge in [0.2, 0.25) is 17.7 Å². The number of carbonyl (C=O) groups is 1. The van der Waals surface area contributed by atoms with Gasteiger partial charge in [0, 0.05) is 32.7 Å². The van der Waals surface area contributed by atoms with Crippen LogP contribution in [0.3, 0.4) is 0 Å². The van der Waals surface area contributed by atoms with E-state index in [-0.39, 0.29) is 5.95 Å². The number of nitrogen functional groups attached to an aromatic ring is 1. The number of aromatic carboxylic acids is 1. The average Bonchev–Trinajstić information content (AvgIpc) is 3.48. The summed E-state index contributed by atoms with van der Waals surface area (Å²) in [4.78, 5) is 28.8. The van der Waals surface area contributed by atoms with Crippen LogP contribution in [0.15, 0.2) is 47.1 Å². The lowest BCUT2D eigenvalue weighted by Gasteiger charge is -2.34. The molecule has 1 saturated heterocycles. The van der Waals surface area contributed by atoms with E-state index in [9.17, 15) is 4.79 Å². The van der Waals surface area contributed by atoms with Gasteiger partial charge >= 0.3 is 5.97 Å². The molecule has 5 rings (SSSR count). The van der Waals surface area contributed by atoms with E-state index in [1.807, 2.05) is 12.1 Å². The molecule has 11 heteroatoms. The molecule has 164 valence electrons. The maximum Gasteiger partial charge on any atom is 0.335 e. The van der Waals surface area contributed by atoms with Crippen LogP contribution >= 0.6 is 0 Å². The Balaban J connectivity index is 1.21. The summed E-state index contributed by atoms with van der Waals surface area (Å²) >= 11 is 0. The summed E-state index contributed by atoms with van der Waals surface area (Å²) in [6.45, 7) is 4.18. The van der Waals surface area contributed by atoms with Gasteiger partial charge in [0.1, 0.15) is 0 Å². The quantitative estimate of drug-likeness (QED) is 0.458. The van der Waals surface area contributed by atoms with E-state index in [4.69, 9.17) is 15.3 Å². The van der Waals surface area contributed by atoms with Crippen LogP contribution in [0.2, 0.25) is 0 Å². The fourth-order valence-electron chi connectivity index (χ4n) is 3.72. The second-order valence-corrected chi connectivity index (χ2v) is 7.59. The predicted molar refractivity (Wildman–Crippen MR) is 116 cm³/mol. The first kappa shape index (κ1) is 19.9. The van der Waals surface area contributed by atoms with Gasteiger partial charge in [-0.05, 0) is 36.2 Å². The van der Waals surface area contributed by atoms with Gasteiger partial charge in [-0.1, -0.05) is 12.1 Å². The molecule has 32 heavy (non-hydrogen) atoms. The number of anilines is 2. The highest BCUT2D eigenvalue weighted by Crippen LogP contribution is 2.19. The second kappa shape index (κ2) is 8.27. The van der Waals surface area contributed by atoms with Crippen molar-refractivity contribution in [2.75, 3.05) is 43.4 Å². The lowest BCUT2D eigenvalue weighted by Crippen LogP contribution is -2.47. The SMILES string of the molecule is Nc1nc(N2CCN(CCc3ccc(C(=O)O)cc3)CC2)nc2nc(-c3ccco3)nn12. The highest BCUT2D eigenvalue weighted by atomic mass is 16.4. The molecule has 4 aromatic rings. The zero-order chi connectivity index (χ0) is 22.1. The lowest BCUT2D eigenvalue weighted by molar-refractivity contribution is 0.0697. The summed E-state index contributed by atoms with van der Waals surface area (Å²) in [5.41, 5.74) is 7.54. The Labute approximate surface area is 183 Å². The van der Waals surface area contributed by atoms with Crippen LogP contribution in [-0.2, 0) is 6.42 Å². The van der Waals surface area contributed by atoms with E-state index in [1.54, 1.807) is 30.5 Å². The minimum absolute atomic E-state index is 0.225. The van der Waals surface area contributed by atoms with Crippen LogP contribution in [0.25, 0.3) is 17.4 Å². The van der Waals surface area contributed by atoms with Gasteiger partial charge in [-0.15, -0.1) is 5.10 Å². The summed E-state index contributed by atoms with van der Waals surface area (Å²) in [5, 5.41) is 13.3. The van der Waals surface area contributed by atoms with E-state index >= 15 is 0 Å². The number of fused-ring (bicyclic) bond motifs is 1. The molecule has 1 fully saturated rings. The van der Waals surface area contributed by atoms with Crippen molar-refractivity contribution in [2.45, 2.75) is 6.42 Å². The van der Waals surface area contributed by atoms with Crippen molar-refractivity contribution >= 4 is 23.6 Å². The normalized spacial score (nSPS) is 14.8. The monoisotopic (exact) mass is 434 g/mol. The lowest BCUT2D eigenvalue weighted by atomic mass is 10.1. The smallest absolute Gasteiger partial charge is 0.335 e. The van der Waals surface area contributed by atoms with Gasteiger partial charge in [0.25, 0.3) is 5.78 Å². The van der Waals surface area contributed by atoms with Crippen LogP contribution in [0.5, 0.6) is 0 Å². The fraction of sp³-hybridized carbons (Fsp3) is 0.286. The predicted octanol–water partition coefficient (Wildman–Crippen LogP) is 1.42. The summed E-state index contributed by atoms with van der Waals surface area (Å²) in [6.07, 6.45) is 2.43. The van der Waals surface area contributed by atoms with Gasteiger partial charge in [0.15, 0.2) is 5.76 Å². The van der Waals surface area contributed by atoms with Crippen molar-refractivity contribution < 1.29 is 14.3 Å². The topological polar surface area (TPSA) is 139 Å². The van der Waals surface area contributed by atoms with Crippen molar-refractivity contribution in [2.24, 2.45) is 0 Å². The van der Waals surface area contributed by atoms with Crippen molar-refractivity contribution in [1.29, 1.82) is 0 Å². The Kier molecular flexibility index (Phi) is 5.15. The summed E-state index contributed by atoms with van der Waals surface area (Å²) in [5.74, 6) is 1.19. The molecule has 0 unspecified atom stereocenters. The largest absolute Gasteiger partial charge is 0.478 e. The summed E-state index contributed by atoms with van der Waals surface area (Å²) in [7, 11) is 0. The number of nitrogens with two attached hydrogens (primary N) is 1. The van der Waals surface area contributed by atoms with Gasteiger partial charge < -0.3 is 20.2 Å². The third-order valence-corrected chi connectivity index (χ3v) is 5.54. The van der Waals surface area contributed by atoms with Crippen molar-refractivity contribution in [1.82, 2.24) is 29.5 Å². The zero-order valence-electron chi connectivity index (χ0n) is 17.3. The maximum absolute atomic E-state index is 11.0. The van der Waals surface area contributed by atoms with Crippen LogP contribution in [0, 0.1) is 0 Å². The molecule has 0 bridgehead atoms. The highest BCUT2D eigenvalue weighted by Gasteiger charge is 2.21. The molecular formula is C21H22N8O3. The average molecular weight is 434 g/mol. The Hall–Kier alpha value is -3.99.